The number of halogens is 3. The van der Waals surface area contributed by atoms with E-state index in [2.05, 4.69) is 30.5 Å². The fraction of sp³-hybridized carbons (Fsp3) is 0.386. The van der Waals surface area contributed by atoms with Crippen molar-refractivity contribution in [1.82, 2.24) is 34.9 Å². The van der Waals surface area contributed by atoms with Gasteiger partial charge in [0.2, 0.25) is 0 Å². The number of nitrogens with one attached hydrogen (secondary N) is 2. The van der Waals surface area contributed by atoms with Crippen molar-refractivity contribution in [3.63, 3.8) is 0 Å². The second kappa shape index (κ2) is 18.2. The van der Waals surface area contributed by atoms with Gasteiger partial charge in [-0.25, -0.2) is 23.4 Å². The van der Waals surface area contributed by atoms with Crippen molar-refractivity contribution in [3.05, 3.63) is 89.0 Å². The van der Waals surface area contributed by atoms with Gasteiger partial charge in [-0.05, 0) is 68.5 Å². The first-order valence-corrected chi connectivity index (χ1v) is 20.6. The molecule has 17 heteroatoms. The molecule has 0 amide bonds. The summed E-state index contributed by atoms with van der Waals surface area (Å²) in [4.78, 5) is 26.3. The number of carboxylic acids is 1. The predicted molar refractivity (Wildman–Crippen MR) is 227 cm³/mol. The van der Waals surface area contributed by atoms with Gasteiger partial charge in [-0.15, -0.1) is 0 Å². The summed E-state index contributed by atoms with van der Waals surface area (Å²) in [5.41, 5.74) is 5.51. The Hall–Kier alpha value is -5.52. The second-order valence-electron chi connectivity index (χ2n) is 15.5. The lowest BCUT2D eigenvalue weighted by Gasteiger charge is -2.35. The van der Waals surface area contributed by atoms with Gasteiger partial charge in [0.15, 0.2) is 11.6 Å². The fourth-order valence-corrected chi connectivity index (χ4v) is 8.74. The summed E-state index contributed by atoms with van der Waals surface area (Å²) in [7, 11) is 5.18. The van der Waals surface area contributed by atoms with E-state index in [1.165, 1.54) is 0 Å². The number of aliphatic hydroxyl groups excluding tert-OH is 1. The molecule has 3 aromatic heterocycles. The van der Waals surface area contributed by atoms with Gasteiger partial charge in [0.1, 0.15) is 17.0 Å². The number of aliphatic carboxylic acids is 1. The number of aromatic nitrogens is 5. The Morgan fingerprint density at radius 1 is 1.02 bits per heavy atom. The largest absolute Gasteiger partial charge is 0.496 e. The number of ether oxygens (including phenoxy) is 3. The Labute approximate surface area is 355 Å². The number of nitrogens with zero attached hydrogens (tertiary/aromatic N) is 6. The minimum absolute atomic E-state index is 0.0732. The molecule has 0 bridgehead atoms. The maximum Gasteiger partial charge on any atom is 0.306 e. The predicted octanol–water partition coefficient (Wildman–Crippen LogP) is 7.70. The summed E-state index contributed by atoms with van der Waals surface area (Å²) in [6.07, 6.45) is 3.28. The van der Waals surface area contributed by atoms with Gasteiger partial charge in [0.05, 0.1) is 72.0 Å². The molecular weight excluding hydrogens is 810 g/mol. The first-order valence-electron chi connectivity index (χ1n) is 20.2. The third-order valence-electron chi connectivity index (χ3n) is 11.7. The van der Waals surface area contributed by atoms with Gasteiger partial charge >= 0.3 is 5.97 Å². The Morgan fingerprint density at radius 3 is 2.46 bits per heavy atom. The molecule has 1 saturated heterocycles. The average Bonchev–Trinajstić information content (AvgIpc) is 3.71. The zero-order valence-electron chi connectivity index (χ0n) is 33.9. The summed E-state index contributed by atoms with van der Waals surface area (Å²) >= 11 is 7.14. The van der Waals surface area contributed by atoms with E-state index in [0.717, 1.165) is 40.4 Å². The van der Waals surface area contributed by atoms with Crippen molar-refractivity contribution in [2.24, 2.45) is 5.92 Å². The number of aliphatic hydroxyl groups is 1. The second-order valence-corrected chi connectivity index (χ2v) is 15.9. The SMILES string of the molecule is COc1cc(-n2ncc3c(-c4cccc(Nc5nc(C(F)F)nc6cc(CNC7CCC(C(=O)O)CC7)cnc56)c4Cl)cccc32)cc(OC)c1CN(C)[C@@H]1CCOC[C@@H]1O. The third kappa shape index (κ3) is 8.81. The van der Waals surface area contributed by atoms with Gasteiger partial charge < -0.3 is 35.1 Å². The highest BCUT2D eigenvalue weighted by Gasteiger charge is 2.30. The molecule has 3 aromatic carbocycles. The number of likely N-dealkylation sites (N-methyl/N-ethyl adjacent to an activating group) is 1. The monoisotopic (exact) mass is 856 g/mol. The molecule has 320 valence electrons. The lowest BCUT2D eigenvalue weighted by molar-refractivity contribution is -0.142. The number of fused-ring (bicyclic) bond motifs is 2. The molecule has 4 heterocycles. The van der Waals surface area contributed by atoms with Crippen molar-refractivity contribution < 1.29 is 38.0 Å². The van der Waals surface area contributed by atoms with E-state index in [9.17, 15) is 23.8 Å². The van der Waals surface area contributed by atoms with Crippen LogP contribution in [0, 0.1) is 5.92 Å². The smallest absolute Gasteiger partial charge is 0.306 e. The van der Waals surface area contributed by atoms with Crippen LogP contribution in [-0.2, 0) is 22.6 Å². The Morgan fingerprint density at radius 2 is 1.75 bits per heavy atom. The van der Waals surface area contributed by atoms with Crippen LogP contribution in [0.15, 0.2) is 67.0 Å². The maximum absolute atomic E-state index is 14.2. The molecule has 4 N–H and O–H groups in total. The highest BCUT2D eigenvalue weighted by atomic mass is 35.5. The van der Waals surface area contributed by atoms with E-state index >= 15 is 0 Å². The third-order valence-corrected chi connectivity index (χ3v) is 12.1. The van der Waals surface area contributed by atoms with Crippen molar-refractivity contribution in [1.29, 1.82) is 0 Å². The van der Waals surface area contributed by atoms with Gasteiger partial charge in [0.25, 0.3) is 6.43 Å². The highest BCUT2D eigenvalue weighted by molar-refractivity contribution is 6.36. The average molecular weight is 857 g/mol. The Balaban J connectivity index is 1.07. The van der Waals surface area contributed by atoms with E-state index in [0.29, 0.717) is 84.5 Å². The lowest BCUT2D eigenvalue weighted by Crippen LogP contribution is -2.47. The minimum Gasteiger partial charge on any atom is -0.496 e. The van der Waals surface area contributed by atoms with Crippen molar-refractivity contribution in [3.8, 4) is 28.3 Å². The van der Waals surface area contributed by atoms with Crippen molar-refractivity contribution in [2.45, 2.75) is 69.8 Å². The first-order chi connectivity index (χ1) is 29.5. The van der Waals surface area contributed by atoms with Crippen LogP contribution in [0.3, 0.4) is 0 Å². The quantitative estimate of drug-likeness (QED) is 0.0842. The van der Waals surface area contributed by atoms with Gasteiger partial charge in [-0.2, -0.15) is 5.10 Å². The molecule has 0 spiro atoms. The van der Waals surface area contributed by atoms with Gasteiger partial charge in [-0.1, -0.05) is 35.9 Å². The summed E-state index contributed by atoms with van der Waals surface area (Å²) in [6, 6.07) is 16.8. The number of carboxylic acid groups (broad SMARTS) is 1. The molecular formula is C44H47ClF2N8O6. The molecule has 2 fully saturated rings. The lowest BCUT2D eigenvalue weighted by atomic mass is 9.86. The molecule has 14 nitrogen and oxygen atoms in total. The topological polar surface area (TPSA) is 169 Å². The summed E-state index contributed by atoms with van der Waals surface area (Å²) in [5.74, 6) is -0.431. The molecule has 0 unspecified atom stereocenters. The fourth-order valence-electron chi connectivity index (χ4n) is 8.46. The zero-order valence-corrected chi connectivity index (χ0v) is 34.7. The van der Waals surface area contributed by atoms with Gasteiger partial charge in [-0.3, -0.25) is 14.7 Å². The number of methoxy groups -OCH3 is 2. The van der Waals surface area contributed by atoms with Crippen LogP contribution in [0.5, 0.6) is 11.5 Å². The number of alkyl halides is 2. The number of carbonyl (C=O) groups is 1. The molecule has 8 rings (SSSR count). The molecule has 1 aliphatic carbocycles. The Bertz CT molecular complexity index is 2530. The standard InChI is InChI=1S/C44H47ClF2N8O6/c1-54(35-14-15-61-23-36(35)56)22-31-37(59-2)17-27(18-38(31)60-3)55-34-9-5-6-28(30(34)21-50-55)29-7-4-8-32(39(29)45)51-42-40-33(52-43(53-42)41(46)47)16-24(20-49-40)19-48-26-12-10-25(11-13-26)44(57)58/h4-9,16-18,20-21,25-26,35-36,41,48,56H,10-15,19,22-23H2,1-3H3,(H,57,58)(H,51,52,53)/t25?,26?,35-,36+/m1/s1. The molecule has 6 aromatic rings. The summed E-state index contributed by atoms with van der Waals surface area (Å²) in [5, 5.41) is 32.4. The number of pyridine rings is 1. The summed E-state index contributed by atoms with van der Waals surface area (Å²) < 4.78 is 47.4. The van der Waals surface area contributed by atoms with Crippen molar-refractivity contribution in [2.75, 3.05) is 39.8 Å². The van der Waals surface area contributed by atoms with E-state index in [1.54, 1.807) is 43.4 Å². The molecule has 2 atom stereocenters. The van der Waals surface area contributed by atoms with Crippen LogP contribution in [0.2, 0.25) is 5.02 Å². The van der Waals surface area contributed by atoms with E-state index in [4.69, 9.17) is 30.9 Å². The number of anilines is 2. The minimum atomic E-state index is -2.93. The Kier molecular flexibility index (Phi) is 12.6. The van der Waals surface area contributed by atoms with E-state index in [1.807, 2.05) is 49.5 Å². The number of rotatable bonds is 14. The highest BCUT2D eigenvalue weighted by Crippen LogP contribution is 2.41. The van der Waals surface area contributed by atoms with Gasteiger partial charge in [0, 0.05) is 61.1 Å². The van der Waals surface area contributed by atoms with Crippen LogP contribution in [0.1, 0.15) is 55.5 Å². The molecule has 0 radical (unpaired) electrons. The van der Waals surface area contributed by atoms with Crippen LogP contribution in [0.25, 0.3) is 38.8 Å². The van der Waals surface area contributed by atoms with Crippen LogP contribution >= 0.6 is 11.6 Å². The number of hydrogen-bond acceptors (Lipinski definition) is 12. The van der Waals surface area contributed by atoms with Crippen molar-refractivity contribution >= 4 is 51.0 Å². The molecule has 61 heavy (non-hydrogen) atoms. The maximum atomic E-state index is 14.2. The summed E-state index contributed by atoms with van der Waals surface area (Å²) in [6.45, 7) is 1.78. The van der Waals surface area contributed by atoms with Crippen LogP contribution in [0.4, 0.5) is 20.3 Å². The number of benzene rings is 3. The number of hydrogen-bond donors (Lipinski definition) is 4. The molecule has 1 aliphatic heterocycles. The van der Waals surface area contributed by atoms with E-state index < -0.39 is 24.3 Å². The molecule has 1 saturated carbocycles. The normalized spacial score (nSPS) is 19.5. The van der Waals surface area contributed by atoms with Crippen LogP contribution in [-0.4, -0.2) is 98.5 Å². The van der Waals surface area contributed by atoms with Crippen LogP contribution < -0.4 is 20.1 Å². The molecule has 2 aliphatic rings. The zero-order chi connectivity index (χ0) is 42.8. The van der Waals surface area contributed by atoms with E-state index in [-0.39, 0.29) is 29.3 Å². The first kappa shape index (κ1) is 42.2.